The maximum atomic E-state index is 13.3. The summed E-state index contributed by atoms with van der Waals surface area (Å²) in [4.78, 5) is 10.7. The van der Waals surface area contributed by atoms with E-state index in [2.05, 4.69) is 11.9 Å². The Morgan fingerprint density at radius 1 is 1.67 bits per heavy atom. The Morgan fingerprint density at radius 2 is 2.33 bits per heavy atom. The minimum atomic E-state index is -1.09. The van der Waals surface area contributed by atoms with Crippen molar-refractivity contribution in [1.82, 2.24) is 0 Å². The Kier molecular flexibility index (Phi) is 3.44. The number of carboxylic acid groups (broad SMARTS) is 1. The summed E-state index contributed by atoms with van der Waals surface area (Å²) in [5.41, 5.74) is 0.855. The molecule has 0 saturated carbocycles. The van der Waals surface area contributed by atoms with Crippen molar-refractivity contribution in [3.8, 4) is 0 Å². The normalized spacial score (nSPS) is 11.9. The second-order valence-corrected chi connectivity index (χ2v) is 3.13. The summed E-state index contributed by atoms with van der Waals surface area (Å²) in [6.45, 7) is 5.07. The SMILES string of the molecule is C=CC(Nc1c(C)cccc1F)C(=O)O. The molecular formula is C11H12FNO2. The molecule has 1 unspecified atom stereocenters. The van der Waals surface area contributed by atoms with Gasteiger partial charge in [-0.3, -0.25) is 0 Å². The molecule has 0 fully saturated rings. The van der Waals surface area contributed by atoms with Crippen LogP contribution in [0.15, 0.2) is 30.9 Å². The van der Waals surface area contributed by atoms with E-state index in [9.17, 15) is 9.18 Å². The van der Waals surface area contributed by atoms with Crippen LogP contribution in [0.2, 0.25) is 0 Å². The number of hydrogen-bond donors (Lipinski definition) is 2. The van der Waals surface area contributed by atoms with Gasteiger partial charge < -0.3 is 10.4 Å². The molecular weight excluding hydrogens is 197 g/mol. The lowest BCUT2D eigenvalue weighted by Gasteiger charge is -2.14. The first-order valence-electron chi connectivity index (χ1n) is 4.43. The van der Waals surface area contributed by atoms with Gasteiger partial charge in [0.1, 0.15) is 11.9 Å². The number of hydrogen-bond acceptors (Lipinski definition) is 2. The van der Waals surface area contributed by atoms with Crippen LogP contribution in [0.4, 0.5) is 10.1 Å². The van der Waals surface area contributed by atoms with Crippen LogP contribution in [-0.4, -0.2) is 17.1 Å². The Morgan fingerprint density at radius 3 is 2.80 bits per heavy atom. The van der Waals surface area contributed by atoms with Crippen LogP contribution >= 0.6 is 0 Å². The fourth-order valence-corrected chi connectivity index (χ4v) is 1.19. The molecule has 0 aliphatic heterocycles. The van der Waals surface area contributed by atoms with E-state index >= 15 is 0 Å². The molecule has 0 bridgehead atoms. The van der Waals surface area contributed by atoms with E-state index in [-0.39, 0.29) is 5.69 Å². The number of anilines is 1. The third-order valence-corrected chi connectivity index (χ3v) is 2.02. The number of para-hydroxylation sites is 1. The van der Waals surface area contributed by atoms with E-state index in [4.69, 9.17) is 5.11 Å². The average Bonchev–Trinajstić information content (AvgIpc) is 2.17. The summed E-state index contributed by atoms with van der Waals surface area (Å²) in [5, 5.41) is 11.3. The molecule has 0 saturated heterocycles. The number of nitrogens with one attached hydrogen (secondary N) is 1. The summed E-state index contributed by atoms with van der Waals surface area (Å²) in [6.07, 6.45) is 1.22. The van der Waals surface area contributed by atoms with Gasteiger partial charge in [0, 0.05) is 0 Å². The van der Waals surface area contributed by atoms with Gasteiger partial charge in [0.2, 0.25) is 0 Å². The Bertz CT molecular complexity index is 370. The van der Waals surface area contributed by atoms with Crippen molar-refractivity contribution in [2.45, 2.75) is 13.0 Å². The van der Waals surface area contributed by atoms with Crippen molar-refractivity contribution in [2.24, 2.45) is 0 Å². The maximum Gasteiger partial charge on any atom is 0.330 e. The van der Waals surface area contributed by atoms with Crippen LogP contribution in [0.5, 0.6) is 0 Å². The summed E-state index contributed by atoms with van der Waals surface area (Å²) in [5.74, 6) is -1.56. The first-order valence-corrected chi connectivity index (χ1v) is 4.43. The minimum Gasteiger partial charge on any atom is -0.479 e. The van der Waals surface area contributed by atoms with Crippen LogP contribution in [-0.2, 0) is 4.79 Å². The first-order chi connectivity index (χ1) is 7.06. The standard InChI is InChI=1S/C11H12FNO2/c1-3-9(11(14)15)13-10-7(2)5-4-6-8(10)12/h3-6,9,13H,1H2,2H3,(H,14,15). The molecule has 0 aliphatic rings. The number of aliphatic carboxylic acids is 1. The van der Waals surface area contributed by atoms with Crippen molar-refractivity contribution in [1.29, 1.82) is 0 Å². The molecule has 0 amide bonds. The molecule has 4 heteroatoms. The fraction of sp³-hybridized carbons (Fsp3) is 0.182. The highest BCUT2D eigenvalue weighted by atomic mass is 19.1. The smallest absolute Gasteiger partial charge is 0.330 e. The highest BCUT2D eigenvalue weighted by Gasteiger charge is 2.15. The zero-order valence-corrected chi connectivity index (χ0v) is 8.33. The number of benzene rings is 1. The molecule has 1 rings (SSSR count). The summed E-state index contributed by atoms with van der Waals surface area (Å²) < 4.78 is 13.3. The third-order valence-electron chi connectivity index (χ3n) is 2.02. The number of aryl methyl sites for hydroxylation is 1. The van der Waals surface area contributed by atoms with E-state index in [1.54, 1.807) is 19.1 Å². The molecule has 3 nitrogen and oxygen atoms in total. The van der Waals surface area contributed by atoms with Gasteiger partial charge in [0.25, 0.3) is 0 Å². The molecule has 15 heavy (non-hydrogen) atoms. The highest BCUT2D eigenvalue weighted by molar-refractivity contribution is 5.80. The van der Waals surface area contributed by atoms with Crippen molar-refractivity contribution < 1.29 is 14.3 Å². The second kappa shape index (κ2) is 4.59. The first kappa shape index (κ1) is 11.2. The number of carboxylic acids is 1. The molecule has 1 aromatic rings. The second-order valence-electron chi connectivity index (χ2n) is 3.13. The largest absolute Gasteiger partial charge is 0.479 e. The predicted octanol–water partition coefficient (Wildman–Crippen LogP) is 2.19. The molecule has 2 N–H and O–H groups in total. The van der Waals surface area contributed by atoms with Crippen LogP contribution in [0.3, 0.4) is 0 Å². The van der Waals surface area contributed by atoms with Gasteiger partial charge in [-0.25, -0.2) is 9.18 Å². The van der Waals surface area contributed by atoms with Crippen LogP contribution in [0.25, 0.3) is 0 Å². The van der Waals surface area contributed by atoms with Gasteiger partial charge in [-0.2, -0.15) is 0 Å². The van der Waals surface area contributed by atoms with Gasteiger partial charge in [-0.05, 0) is 18.6 Å². The van der Waals surface area contributed by atoms with Crippen LogP contribution in [0, 0.1) is 12.7 Å². The number of halogens is 1. The topological polar surface area (TPSA) is 49.3 Å². The van der Waals surface area contributed by atoms with Gasteiger partial charge in [-0.1, -0.05) is 18.2 Å². The molecule has 0 spiro atoms. The predicted molar refractivity (Wildman–Crippen MR) is 56.4 cm³/mol. The lowest BCUT2D eigenvalue weighted by atomic mass is 10.1. The van der Waals surface area contributed by atoms with Gasteiger partial charge in [-0.15, -0.1) is 6.58 Å². The number of carbonyl (C=O) groups is 1. The minimum absolute atomic E-state index is 0.199. The Balaban J connectivity index is 2.97. The lowest BCUT2D eigenvalue weighted by molar-refractivity contribution is -0.136. The third kappa shape index (κ3) is 2.56. The molecule has 80 valence electrons. The zero-order chi connectivity index (χ0) is 11.4. The quantitative estimate of drug-likeness (QED) is 0.747. The molecule has 0 radical (unpaired) electrons. The van der Waals surface area contributed by atoms with Crippen molar-refractivity contribution in [3.63, 3.8) is 0 Å². The van der Waals surface area contributed by atoms with E-state index in [1.165, 1.54) is 12.1 Å². The molecule has 0 aliphatic carbocycles. The maximum absolute atomic E-state index is 13.3. The molecule has 0 aromatic heterocycles. The van der Waals surface area contributed by atoms with Crippen molar-refractivity contribution in [2.75, 3.05) is 5.32 Å². The highest BCUT2D eigenvalue weighted by Crippen LogP contribution is 2.19. The van der Waals surface area contributed by atoms with Crippen molar-refractivity contribution >= 4 is 11.7 Å². The summed E-state index contributed by atoms with van der Waals surface area (Å²) in [6, 6.07) is 3.56. The summed E-state index contributed by atoms with van der Waals surface area (Å²) >= 11 is 0. The van der Waals surface area contributed by atoms with E-state index in [1.807, 2.05) is 0 Å². The Labute approximate surface area is 87.2 Å². The lowest BCUT2D eigenvalue weighted by Crippen LogP contribution is -2.27. The monoisotopic (exact) mass is 209 g/mol. The Hall–Kier alpha value is -1.84. The van der Waals surface area contributed by atoms with Crippen LogP contribution < -0.4 is 5.32 Å². The number of rotatable bonds is 4. The summed E-state index contributed by atoms with van der Waals surface area (Å²) in [7, 11) is 0. The molecule has 1 atom stereocenters. The molecule has 0 heterocycles. The van der Waals surface area contributed by atoms with E-state index in [0.29, 0.717) is 5.56 Å². The zero-order valence-electron chi connectivity index (χ0n) is 8.33. The van der Waals surface area contributed by atoms with Gasteiger partial charge >= 0.3 is 5.97 Å². The fourth-order valence-electron chi connectivity index (χ4n) is 1.19. The van der Waals surface area contributed by atoms with E-state index in [0.717, 1.165) is 0 Å². The van der Waals surface area contributed by atoms with Crippen LogP contribution in [0.1, 0.15) is 5.56 Å². The van der Waals surface area contributed by atoms with Gasteiger partial charge in [0.05, 0.1) is 5.69 Å². The van der Waals surface area contributed by atoms with Gasteiger partial charge in [0.15, 0.2) is 0 Å². The molecule has 1 aromatic carbocycles. The van der Waals surface area contributed by atoms with E-state index < -0.39 is 17.8 Å². The average molecular weight is 209 g/mol. The van der Waals surface area contributed by atoms with Crippen molar-refractivity contribution in [3.05, 3.63) is 42.2 Å².